The lowest BCUT2D eigenvalue weighted by Crippen LogP contribution is -2.55. The number of carbonyl (C=O) groups is 3. The van der Waals surface area contributed by atoms with Crippen LogP contribution in [-0.2, 0) is 28.6 Å². The van der Waals surface area contributed by atoms with Gasteiger partial charge in [-0.1, -0.05) is 140 Å². The number of nitrogens with zero attached hydrogens (tertiary/aromatic N) is 1. The summed E-state index contributed by atoms with van der Waals surface area (Å²) in [7, 11) is 5.39. The van der Waals surface area contributed by atoms with Crippen molar-refractivity contribution < 1.29 is 38.2 Å². The van der Waals surface area contributed by atoms with Crippen LogP contribution in [0, 0.1) is 0 Å². The number of carboxylic acid groups (broad SMARTS) is 1. The molecule has 308 valence electrons. The Morgan fingerprint density at radius 1 is 0.566 bits per heavy atom. The van der Waals surface area contributed by atoms with Crippen LogP contribution in [0.5, 0.6) is 0 Å². The van der Waals surface area contributed by atoms with Crippen molar-refractivity contribution in [3.8, 4) is 0 Å². The SMILES string of the molecule is CCCC/C=C/CCCCCCCC(=O)OC(COCCC(C(=O)[O-])[N+](C)(C)C)COC(=O)CCCCCCC/C=C/C=C/CCCCCCCCC. The van der Waals surface area contributed by atoms with Crippen LogP contribution >= 0.6 is 0 Å². The Balaban J connectivity index is 4.35. The molecule has 0 aromatic carbocycles. The second kappa shape index (κ2) is 36.5. The van der Waals surface area contributed by atoms with Crippen molar-refractivity contribution in [3.63, 3.8) is 0 Å². The summed E-state index contributed by atoms with van der Waals surface area (Å²) in [5.74, 6) is -1.77. The van der Waals surface area contributed by atoms with E-state index in [1.807, 2.05) is 0 Å². The first-order valence-corrected chi connectivity index (χ1v) is 21.5. The number of likely N-dealkylation sites (N-methyl/N-ethyl adjacent to an activating group) is 1. The molecule has 0 spiro atoms. The molecule has 0 N–H and O–H groups in total. The quantitative estimate of drug-likeness (QED) is 0.0204. The zero-order valence-corrected chi connectivity index (χ0v) is 34.9. The normalized spacial score (nSPS) is 13.3. The fraction of sp³-hybridized carbons (Fsp3) is 0.800. The van der Waals surface area contributed by atoms with Crippen molar-refractivity contribution in [3.05, 3.63) is 36.5 Å². The molecule has 0 aliphatic rings. The summed E-state index contributed by atoms with van der Waals surface area (Å²) in [5.41, 5.74) is 0. The number of allylic oxidation sites excluding steroid dienone is 6. The summed E-state index contributed by atoms with van der Waals surface area (Å²) in [6.07, 6.45) is 40.2. The molecule has 0 aromatic rings. The minimum absolute atomic E-state index is 0.0329. The Hall–Kier alpha value is -2.45. The van der Waals surface area contributed by atoms with Gasteiger partial charge in [0, 0.05) is 19.3 Å². The molecule has 0 amide bonds. The summed E-state index contributed by atoms with van der Waals surface area (Å²) in [6.45, 7) is 4.59. The van der Waals surface area contributed by atoms with Gasteiger partial charge in [0.15, 0.2) is 6.10 Å². The van der Waals surface area contributed by atoms with E-state index < -0.39 is 18.1 Å². The molecule has 2 atom stereocenters. The first-order valence-electron chi connectivity index (χ1n) is 21.5. The molecule has 0 heterocycles. The minimum Gasteiger partial charge on any atom is -0.544 e. The molecule has 0 saturated heterocycles. The molecular weight excluding hydrogens is 666 g/mol. The van der Waals surface area contributed by atoms with Gasteiger partial charge in [0.1, 0.15) is 12.6 Å². The van der Waals surface area contributed by atoms with E-state index in [2.05, 4.69) is 50.3 Å². The zero-order valence-electron chi connectivity index (χ0n) is 34.9. The van der Waals surface area contributed by atoms with Crippen molar-refractivity contribution in [1.29, 1.82) is 0 Å². The van der Waals surface area contributed by atoms with Gasteiger partial charge in [-0.3, -0.25) is 9.59 Å². The van der Waals surface area contributed by atoms with Crippen molar-refractivity contribution >= 4 is 17.9 Å². The Kier molecular flexibility index (Phi) is 34.8. The van der Waals surface area contributed by atoms with Crippen LogP contribution in [0.15, 0.2) is 36.5 Å². The molecule has 2 unspecified atom stereocenters. The number of hydrogen-bond acceptors (Lipinski definition) is 7. The lowest BCUT2D eigenvalue weighted by atomic mass is 10.1. The van der Waals surface area contributed by atoms with E-state index in [4.69, 9.17) is 14.2 Å². The van der Waals surface area contributed by atoms with E-state index >= 15 is 0 Å². The van der Waals surface area contributed by atoms with Crippen LogP contribution in [0.25, 0.3) is 0 Å². The third-order valence-electron chi connectivity index (χ3n) is 9.53. The molecule has 0 aromatic heterocycles. The van der Waals surface area contributed by atoms with Crippen LogP contribution < -0.4 is 5.11 Å². The lowest BCUT2D eigenvalue weighted by Gasteiger charge is -2.34. The van der Waals surface area contributed by atoms with E-state index in [1.165, 1.54) is 70.6 Å². The lowest BCUT2D eigenvalue weighted by molar-refractivity contribution is -0.889. The Bertz CT molecular complexity index is 968. The highest BCUT2D eigenvalue weighted by Crippen LogP contribution is 2.13. The van der Waals surface area contributed by atoms with E-state index in [0.29, 0.717) is 12.8 Å². The largest absolute Gasteiger partial charge is 0.544 e. The maximum Gasteiger partial charge on any atom is 0.306 e. The molecule has 0 aliphatic heterocycles. The fourth-order valence-corrected chi connectivity index (χ4v) is 6.10. The number of rotatable bonds is 38. The average molecular weight is 748 g/mol. The molecule has 0 radical (unpaired) electrons. The van der Waals surface area contributed by atoms with Gasteiger partial charge in [-0.25, -0.2) is 0 Å². The molecule has 53 heavy (non-hydrogen) atoms. The summed E-state index contributed by atoms with van der Waals surface area (Å²) in [6, 6.07) is -0.728. The molecule has 0 bridgehead atoms. The standard InChI is InChI=1S/C45H81NO7/c1-6-8-10-12-14-16-18-19-20-21-22-23-24-26-27-29-31-33-35-43(47)52-40-41(39-51-38-37-42(45(49)50)46(3,4)5)53-44(48)36-34-32-30-28-25-17-15-13-11-9-7-2/h13,15,20-23,41-42H,6-12,14,16-19,24-40H2,1-5H3/b15-13+,21-20+,23-22+. The maximum absolute atomic E-state index is 12.7. The van der Waals surface area contributed by atoms with Gasteiger partial charge in [-0.05, 0) is 57.8 Å². The van der Waals surface area contributed by atoms with Crippen LogP contribution in [0.4, 0.5) is 0 Å². The number of ether oxygens (including phenoxy) is 3. The van der Waals surface area contributed by atoms with E-state index in [0.717, 1.165) is 77.0 Å². The summed E-state index contributed by atoms with van der Waals surface area (Å²) in [5, 5.41) is 11.6. The second-order valence-corrected chi connectivity index (χ2v) is 15.6. The van der Waals surface area contributed by atoms with Crippen molar-refractivity contribution in [2.75, 3.05) is 41.0 Å². The average Bonchev–Trinajstić information content (AvgIpc) is 3.11. The molecule has 0 fully saturated rings. The summed E-state index contributed by atoms with van der Waals surface area (Å²) < 4.78 is 17.1. The molecule has 8 heteroatoms. The Morgan fingerprint density at radius 3 is 1.53 bits per heavy atom. The van der Waals surface area contributed by atoms with Gasteiger partial charge in [-0.2, -0.15) is 0 Å². The van der Waals surface area contributed by atoms with Crippen molar-refractivity contribution in [2.45, 2.75) is 193 Å². The van der Waals surface area contributed by atoms with Crippen LogP contribution in [0.1, 0.15) is 181 Å². The van der Waals surface area contributed by atoms with Crippen molar-refractivity contribution in [2.24, 2.45) is 0 Å². The third-order valence-corrected chi connectivity index (χ3v) is 9.53. The monoisotopic (exact) mass is 748 g/mol. The van der Waals surface area contributed by atoms with Crippen LogP contribution in [0.3, 0.4) is 0 Å². The van der Waals surface area contributed by atoms with E-state index in [9.17, 15) is 19.5 Å². The van der Waals surface area contributed by atoms with Crippen LogP contribution in [0.2, 0.25) is 0 Å². The Labute approximate surface area is 325 Å². The number of quaternary nitrogens is 1. The van der Waals surface area contributed by atoms with Gasteiger partial charge in [0.2, 0.25) is 0 Å². The summed E-state index contributed by atoms with van der Waals surface area (Å²) in [4.78, 5) is 36.7. The first-order chi connectivity index (χ1) is 25.6. The molecule has 8 nitrogen and oxygen atoms in total. The number of esters is 2. The highest BCUT2D eigenvalue weighted by atomic mass is 16.6. The number of carboxylic acids is 1. The molecule has 0 saturated carbocycles. The highest BCUT2D eigenvalue weighted by molar-refractivity contribution is 5.70. The molecule has 0 aliphatic carbocycles. The smallest absolute Gasteiger partial charge is 0.306 e. The van der Waals surface area contributed by atoms with Gasteiger partial charge in [0.25, 0.3) is 0 Å². The van der Waals surface area contributed by atoms with Gasteiger partial charge in [-0.15, -0.1) is 0 Å². The van der Waals surface area contributed by atoms with Crippen LogP contribution in [-0.4, -0.2) is 75.5 Å². The van der Waals surface area contributed by atoms with E-state index in [1.54, 1.807) is 21.1 Å². The zero-order chi connectivity index (χ0) is 39.3. The number of carbonyl (C=O) groups excluding carboxylic acids is 3. The number of unbranched alkanes of at least 4 members (excludes halogenated alkanes) is 19. The highest BCUT2D eigenvalue weighted by Gasteiger charge is 2.25. The minimum atomic E-state index is -1.13. The van der Waals surface area contributed by atoms with Gasteiger partial charge in [0.05, 0.1) is 40.3 Å². The number of hydrogen-bond donors (Lipinski definition) is 0. The molecular formula is C45H81NO7. The predicted octanol–water partition coefficient (Wildman–Crippen LogP) is 10.1. The summed E-state index contributed by atoms with van der Waals surface area (Å²) >= 11 is 0. The van der Waals surface area contributed by atoms with Gasteiger partial charge < -0.3 is 28.6 Å². The number of aliphatic carboxylic acids is 1. The first kappa shape index (κ1) is 50.5. The van der Waals surface area contributed by atoms with Crippen molar-refractivity contribution in [1.82, 2.24) is 0 Å². The Morgan fingerprint density at radius 2 is 1.02 bits per heavy atom. The van der Waals surface area contributed by atoms with E-state index in [-0.39, 0.29) is 42.7 Å². The van der Waals surface area contributed by atoms with Gasteiger partial charge >= 0.3 is 11.9 Å². The second-order valence-electron chi connectivity index (χ2n) is 15.6. The maximum atomic E-state index is 12.7. The predicted molar refractivity (Wildman–Crippen MR) is 217 cm³/mol. The topological polar surface area (TPSA) is 102 Å². The molecule has 0 rings (SSSR count). The third kappa shape index (κ3) is 35.0. The fourth-order valence-electron chi connectivity index (χ4n) is 6.10.